The van der Waals surface area contributed by atoms with Crippen molar-refractivity contribution in [3.63, 3.8) is 0 Å². The van der Waals surface area contributed by atoms with Gasteiger partial charge in [-0.3, -0.25) is 4.98 Å². The Morgan fingerprint density at radius 1 is 1.00 bits per heavy atom. The van der Waals surface area contributed by atoms with E-state index >= 15 is 0 Å². The average Bonchev–Trinajstić information content (AvgIpc) is 2.57. The molecule has 3 aromatic rings. The SMILES string of the molecule is COCC#Cc1ccc(Cc2nccc3ccccc23)cc1. The Kier molecular flexibility index (Phi) is 4.48. The molecule has 2 heteroatoms. The summed E-state index contributed by atoms with van der Waals surface area (Å²) in [5.41, 5.74) is 3.35. The minimum Gasteiger partial charge on any atom is -0.372 e. The standard InChI is InChI=1S/C20H17NO/c1-22-14-4-5-16-8-10-17(11-9-16)15-20-19-7-3-2-6-18(19)12-13-21-20/h2-3,6-13H,14-15H2,1H3. The molecule has 2 aromatic carbocycles. The molecular weight excluding hydrogens is 270 g/mol. The van der Waals surface area contributed by atoms with Crippen molar-refractivity contribution in [1.29, 1.82) is 0 Å². The van der Waals surface area contributed by atoms with Gasteiger partial charge in [-0.1, -0.05) is 48.2 Å². The number of rotatable bonds is 3. The predicted octanol–water partition coefficient (Wildman–Crippen LogP) is 3.82. The molecule has 0 aliphatic rings. The molecule has 0 bridgehead atoms. The summed E-state index contributed by atoms with van der Waals surface area (Å²) in [5.74, 6) is 6.04. The van der Waals surface area contributed by atoms with Crippen molar-refractivity contribution in [3.05, 3.63) is 77.6 Å². The number of hydrogen-bond acceptors (Lipinski definition) is 2. The van der Waals surface area contributed by atoms with E-state index < -0.39 is 0 Å². The third-order valence-electron chi connectivity index (χ3n) is 3.53. The summed E-state index contributed by atoms with van der Waals surface area (Å²) >= 11 is 0. The largest absolute Gasteiger partial charge is 0.372 e. The van der Waals surface area contributed by atoms with Crippen LogP contribution in [0.4, 0.5) is 0 Å². The molecule has 0 N–H and O–H groups in total. The van der Waals surface area contributed by atoms with Gasteiger partial charge in [-0.05, 0) is 29.1 Å². The Bertz CT molecular complexity index is 820. The summed E-state index contributed by atoms with van der Waals surface area (Å²) in [6, 6.07) is 18.7. The highest BCUT2D eigenvalue weighted by molar-refractivity contribution is 5.84. The van der Waals surface area contributed by atoms with Gasteiger partial charge >= 0.3 is 0 Å². The molecule has 3 rings (SSSR count). The Morgan fingerprint density at radius 3 is 2.64 bits per heavy atom. The van der Waals surface area contributed by atoms with Crippen molar-refractivity contribution in [3.8, 4) is 11.8 Å². The summed E-state index contributed by atoms with van der Waals surface area (Å²) in [7, 11) is 1.65. The summed E-state index contributed by atoms with van der Waals surface area (Å²) in [4.78, 5) is 4.54. The van der Waals surface area contributed by atoms with Gasteiger partial charge in [-0.15, -0.1) is 0 Å². The Balaban J connectivity index is 1.82. The van der Waals surface area contributed by atoms with Crippen LogP contribution in [0.25, 0.3) is 10.8 Å². The molecule has 0 amide bonds. The van der Waals surface area contributed by atoms with Gasteiger partial charge < -0.3 is 4.74 Å². The molecule has 22 heavy (non-hydrogen) atoms. The quantitative estimate of drug-likeness (QED) is 0.683. The monoisotopic (exact) mass is 287 g/mol. The lowest BCUT2D eigenvalue weighted by Crippen LogP contribution is -1.93. The van der Waals surface area contributed by atoms with E-state index in [1.807, 2.05) is 24.4 Å². The lowest BCUT2D eigenvalue weighted by Gasteiger charge is -2.06. The van der Waals surface area contributed by atoms with Crippen LogP contribution in [0.3, 0.4) is 0 Å². The average molecular weight is 287 g/mol. The molecule has 0 aliphatic heterocycles. The summed E-state index contributed by atoms with van der Waals surface area (Å²) in [6.07, 6.45) is 2.70. The zero-order chi connectivity index (χ0) is 15.2. The highest BCUT2D eigenvalue weighted by Gasteiger charge is 2.03. The van der Waals surface area contributed by atoms with E-state index in [1.165, 1.54) is 16.3 Å². The van der Waals surface area contributed by atoms with E-state index in [9.17, 15) is 0 Å². The predicted molar refractivity (Wildman–Crippen MR) is 89.7 cm³/mol. The molecule has 108 valence electrons. The maximum Gasteiger partial charge on any atom is 0.107 e. The third kappa shape index (κ3) is 3.33. The fourth-order valence-corrected chi connectivity index (χ4v) is 2.43. The topological polar surface area (TPSA) is 22.1 Å². The van der Waals surface area contributed by atoms with Crippen molar-refractivity contribution in [1.82, 2.24) is 4.98 Å². The van der Waals surface area contributed by atoms with Crippen molar-refractivity contribution < 1.29 is 4.74 Å². The van der Waals surface area contributed by atoms with E-state index in [-0.39, 0.29) is 0 Å². The molecule has 0 saturated heterocycles. The number of methoxy groups -OCH3 is 1. The normalized spacial score (nSPS) is 10.2. The van der Waals surface area contributed by atoms with E-state index in [0.29, 0.717) is 6.61 Å². The van der Waals surface area contributed by atoms with Gasteiger partial charge in [0, 0.05) is 30.7 Å². The minimum atomic E-state index is 0.460. The first-order valence-corrected chi connectivity index (χ1v) is 7.26. The van der Waals surface area contributed by atoms with Crippen molar-refractivity contribution in [2.75, 3.05) is 13.7 Å². The van der Waals surface area contributed by atoms with Gasteiger partial charge in [0.1, 0.15) is 6.61 Å². The molecule has 0 aliphatic carbocycles. The molecular formula is C20H17NO. The van der Waals surface area contributed by atoms with Crippen LogP contribution in [-0.2, 0) is 11.2 Å². The molecule has 0 radical (unpaired) electrons. The molecule has 0 atom stereocenters. The van der Waals surface area contributed by atoms with Gasteiger partial charge in [-0.25, -0.2) is 0 Å². The first kappa shape index (κ1) is 14.3. The van der Waals surface area contributed by atoms with Crippen LogP contribution < -0.4 is 0 Å². The Labute approximate surface area is 130 Å². The van der Waals surface area contributed by atoms with Gasteiger partial charge in [0.25, 0.3) is 0 Å². The lowest BCUT2D eigenvalue weighted by atomic mass is 10.0. The van der Waals surface area contributed by atoms with E-state index in [0.717, 1.165) is 17.7 Å². The number of aromatic nitrogens is 1. The Hall–Kier alpha value is -2.63. The van der Waals surface area contributed by atoms with Gasteiger partial charge in [0.2, 0.25) is 0 Å². The number of pyridine rings is 1. The lowest BCUT2D eigenvalue weighted by molar-refractivity contribution is 0.240. The molecule has 0 spiro atoms. The van der Waals surface area contributed by atoms with Crippen LogP contribution in [0.15, 0.2) is 60.8 Å². The van der Waals surface area contributed by atoms with Crippen LogP contribution >= 0.6 is 0 Å². The van der Waals surface area contributed by atoms with Crippen molar-refractivity contribution >= 4 is 10.8 Å². The summed E-state index contributed by atoms with van der Waals surface area (Å²) < 4.78 is 4.93. The van der Waals surface area contributed by atoms with Crippen LogP contribution in [0.1, 0.15) is 16.8 Å². The second-order valence-corrected chi connectivity index (χ2v) is 5.09. The highest BCUT2D eigenvalue weighted by Crippen LogP contribution is 2.19. The molecule has 2 nitrogen and oxygen atoms in total. The molecule has 0 unspecified atom stereocenters. The van der Waals surface area contributed by atoms with Crippen LogP contribution in [0, 0.1) is 11.8 Å². The van der Waals surface area contributed by atoms with E-state index in [4.69, 9.17) is 4.74 Å². The van der Waals surface area contributed by atoms with Crippen molar-refractivity contribution in [2.45, 2.75) is 6.42 Å². The molecule has 1 heterocycles. The van der Waals surface area contributed by atoms with Gasteiger partial charge in [0.05, 0.1) is 5.69 Å². The number of nitrogens with zero attached hydrogens (tertiary/aromatic N) is 1. The first-order chi connectivity index (χ1) is 10.9. The molecule has 1 aromatic heterocycles. The Morgan fingerprint density at radius 2 is 1.82 bits per heavy atom. The maximum absolute atomic E-state index is 4.93. The zero-order valence-electron chi connectivity index (χ0n) is 12.5. The second kappa shape index (κ2) is 6.89. The van der Waals surface area contributed by atoms with Crippen LogP contribution in [-0.4, -0.2) is 18.7 Å². The minimum absolute atomic E-state index is 0.460. The number of hydrogen-bond donors (Lipinski definition) is 0. The number of benzene rings is 2. The molecule has 0 saturated carbocycles. The van der Waals surface area contributed by atoms with Crippen LogP contribution in [0.5, 0.6) is 0 Å². The van der Waals surface area contributed by atoms with Crippen molar-refractivity contribution in [2.24, 2.45) is 0 Å². The maximum atomic E-state index is 4.93. The number of ether oxygens (including phenoxy) is 1. The molecule has 0 fully saturated rings. The van der Waals surface area contributed by atoms with E-state index in [2.05, 4.69) is 53.2 Å². The van der Waals surface area contributed by atoms with Crippen LogP contribution in [0.2, 0.25) is 0 Å². The van der Waals surface area contributed by atoms with E-state index in [1.54, 1.807) is 7.11 Å². The third-order valence-corrected chi connectivity index (χ3v) is 3.53. The summed E-state index contributed by atoms with van der Waals surface area (Å²) in [5, 5.41) is 2.45. The fraction of sp³-hybridized carbons (Fsp3) is 0.150. The van der Waals surface area contributed by atoms with Gasteiger partial charge in [0.15, 0.2) is 0 Å². The van der Waals surface area contributed by atoms with Gasteiger partial charge in [-0.2, -0.15) is 0 Å². The first-order valence-electron chi connectivity index (χ1n) is 7.26. The second-order valence-electron chi connectivity index (χ2n) is 5.09. The fourth-order valence-electron chi connectivity index (χ4n) is 2.43. The highest BCUT2D eigenvalue weighted by atomic mass is 16.5. The number of fused-ring (bicyclic) bond motifs is 1. The zero-order valence-corrected chi connectivity index (χ0v) is 12.5. The smallest absolute Gasteiger partial charge is 0.107 e. The summed E-state index contributed by atoms with van der Waals surface area (Å²) in [6.45, 7) is 0.460.